The third-order valence-electron chi connectivity index (χ3n) is 2.23. The van der Waals surface area contributed by atoms with Crippen molar-refractivity contribution in [1.29, 1.82) is 0 Å². The Morgan fingerprint density at radius 3 is 2.68 bits per heavy atom. The lowest BCUT2D eigenvalue weighted by Crippen LogP contribution is -2.25. The Morgan fingerprint density at radius 1 is 1.37 bits per heavy atom. The summed E-state index contributed by atoms with van der Waals surface area (Å²) in [6.45, 7) is 0.913. The molecule has 1 aromatic rings. The number of carbonyl (C=O) groups is 1. The molecule has 0 bridgehead atoms. The molecule has 5 nitrogen and oxygen atoms in total. The molecule has 0 saturated heterocycles. The minimum atomic E-state index is 0.275. The van der Waals surface area contributed by atoms with Crippen LogP contribution in [0.3, 0.4) is 0 Å². The number of benzene rings is 1. The second-order valence-electron chi connectivity index (χ2n) is 3.92. The van der Waals surface area contributed by atoms with Crippen molar-refractivity contribution >= 4 is 23.7 Å². The normalized spacial score (nSPS) is 9.84. The summed E-state index contributed by atoms with van der Waals surface area (Å²) in [6.07, 6.45) is 0.715. The smallest absolute Gasteiger partial charge is 0.264 e. The van der Waals surface area contributed by atoms with Gasteiger partial charge in [0.2, 0.25) is 0 Å². The number of aldehydes is 1. The molecule has 0 aliphatic heterocycles. The van der Waals surface area contributed by atoms with Crippen molar-refractivity contribution in [3.05, 3.63) is 23.8 Å². The van der Waals surface area contributed by atoms with Crippen LogP contribution < -0.4 is 9.47 Å². The molecule has 0 aliphatic carbocycles. The summed E-state index contributed by atoms with van der Waals surface area (Å²) in [7, 11) is 5.13. The lowest BCUT2D eigenvalue weighted by molar-refractivity contribution is 0.112. The van der Waals surface area contributed by atoms with E-state index in [1.807, 2.05) is 0 Å². The molecule has 104 valence electrons. The highest BCUT2D eigenvalue weighted by atomic mass is 32.1. The standard InChI is InChI=1S/C13H17NO4S/c1-14(2)13(19)18-12-8-11(17-7-6-16-3)5-4-10(12)9-15/h4-5,8-9H,6-7H2,1-3H3. The number of ether oxygens (including phenoxy) is 3. The molecule has 6 heteroatoms. The largest absolute Gasteiger partial charge is 0.491 e. The van der Waals surface area contributed by atoms with Crippen molar-refractivity contribution in [3.8, 4) is 11.5 Å². The zero-order chi connectivity index (χ0) is 14.3. The lowest BCUT2D eigenvalue weighted by atomic mass is 10.2. The van der Waals surface area contributed by atoms with Gasteiger partial charge in [0.25, 0.3) is 5.17 Å². The zero-order valence-corrected chi connectivity index (χ0v) is 12.0. The van der Waals surface area contributed by atoms with E-state index in [4.69, 9.17) is 26.4 Å². The maximum Gasteiger partial charge on any atom is 0.264 e. The highest BCUT2D eigenvalue weighted by Crippen LogP contribution is 2.24. The molecular formula is C13H17NO4S. The fraction of sp³-hybridized carbons (Fsp3) is 0.385. The quantitative estimate of drug-likeness (QED) is 0.450. The number of hydrogen-bond acceptors (Lipinski definition) is 5. The van der Waals surface area contributed by atoms with E-state index in [9.17, 15) is 4.79 Å². The van der Waals surface area contributed by atoms with Crippen molar-refractivity contribution in [3.63, 3.8) is 0 Å². The van der Waals surface area contributed by atoms with Crippen LogP contribution in [-0.2, 0) is 4.74 Å². The van der Waals surface area contributed by atoms with Gasteiger partial charge in [-0.15, -0.1) is 0 Å². The molecule has 0 aliphatic rings. The Kier molecular flexibility index (Phi) is 6.24. The van der Waals surface area contributed by atoms with Gasteiger partial charge in [0.15, 0.2) is 6.29 Å². The Morgan fingerprint density at radius 2 is 2.11 bits per heavy atom. The molecule has 0 atom stereocenters. The molecule has 0 unspecified atom stereocenters. The van der Waals surface area contributed by atoms with Crippen LogP contribution in [0.1, 0.15) is 10.4 Å². The second-order valence-corrected chi connectivity index (χ2v) is 4.27. The summed E-state index contributed by atoms with van der Waals surface area (Å²) in [5.74, 6) is 0.975. The average molecular weight is 283 g/mol. The molecular weight excluding hydrogens is 266 g/mol. The third kappa shape index (κ3) is 4.84. The summed E-state index contributed by atoms with van der Waals surface area (Å²) < 4.78 is 15.8. The Bertz CT molecular complexity index is 448. The molecule has 19 heavy (non-hydrogen) atoms. The van der Waals surface area contributed by atoms with E-state index in [2.05, 4.69) is 0 Å². The molecule has 1 rings (SSSR count). The minimum Gasteiger partial charge on any atom is -0.491 e. The van der Waals surface area contributed by atoms with Crippen LogP contribution in [0.4, 0.5) is 0 Å². The predicted molar refractivity (Wildman–Crippen MR) is 76.1 cm³/mol. The van der Waals surface area contributed by atoms with E-state index in [0.29, 0.717) is 36.6 Å². The van der Waals surface area contributed by atoms with Crippen molar-refractivity contribution in [2.24, 2.45) is 0 Å². The molecule has 0 radical (unpaired) electrons. The zero-order valence-electron chi connectivity index (χ0n) is 11.2. The highest BCUT2D eigenvalue weighted by Gasteiger charge is 2.09. The van der Waals surface area contributed by atoms with Crippen molar-refractivity contribution in [1.82, 2.24) is 4.90 Å². The van der Waals surface area contributed by atoms with Gasteiger partial charge in [0.1, 0.15) is 18.1 Å². The van der Waals surface area contributed by atoms with Crippen LogP contribution in [-0.4, -0.2) is 50.8 Å². The molecule has 0 spiro atoms. The Hall–Kier alpha value is -1.66. The molecule has 0 fully saturated rings. The van der Waals surface area contributed by atoms with Gasteiger partial charge in [-0.2, -0.15) is 0 Å². The lowest BCUT2D eigenvalue weighted by Gasteiger charge is -2.16. The van der Waals surface area contributed by atoms with E-state index in [-0.39, 0.29) is 5.17 Å². The maximum atomic E-state index is 11.0. The Labute approximate surface area is 118 Å². The number of hydrogen-bond donors (Lipinski definition) is 0. The number of thiocarbonyl (C=S) groups is 1. The molecule has 0 saturated carbocycles. The molecule has 0 amide bonds. The van der Waals surface area contributed by atoms with Crippen LogP contribution in [0, 0.1) is 0 Å². The number of nitrogens with zero attached hydrogens (tertiary/aromatic N) is 1. The Balaban J connectivity index is 2.83. The van der Waals surface area contributed by atoms with Gasteiger partial charge in [-0.05, 0) is 24.4 Å². The fourth-order valence-electron chi connectivity index (χ4n) is 1.22. The highest BCUT2D eigenvalue weighted by molar-refractivity contribution is 7.80. The van der Waals surface area contributed by atoms with E-state index in [0.717, 1.165) is 0 Å². The first-order valence-electron chi connectivity index (χ1n) is 5.68. The molecule has 0 aromatic heterocycles. The number of rotatable bonds is 6. The maximum absolute atomic E-state index is 11.0. The van der Waals surface area contributed by atoms with Gasteiger partial charge in [-0.25, -0.2) is 0 Å². The van der Waals surface area contributed by atoms with Crippen LogP contribution >= 0.6 is 12.2 Å². The van der Waals surface area contributed by atoms with Crippen molar-refractivity contribution in [2.75, 3.05) is 34.4 Å². The van der Waals surface area contributed by atoms with Gasteiger partial charge in [0.05, 0.1) is 12.2 Å². The first-order valence-corrected chi connectivity index (χ1v) is 6.09. The fourth-order valence-corrected chi connectivity index (χ4v) is 1.31. The van der Waals surface area contributed by atoms with Crippen LogP contribution in [0.2, 0.25) is 0 Å². The van der Waals surface area contributed by atoms with E-state index in [1.165, 1.54) is 0 Å². The van der Waals surface area contributed by atoms with Gasteiger partial charge in [-0.1, -0.05) is 0 Å². The SMILES string of the molecule is COCCOc1ccc(C=O)c(OC(=S)N(C)C)c1. The first-order chi connectivity index (χ1) is 9.08. The van der Waals surface area contributed by atoms with Gasteiger partial charge < -0.3 is 19.1 Å². The van der Waals surface area contributed by atoms with E-state index >= 15 is 0 Å². The van der Waals surface area contributed by atoms with Crippen molar-refractivity contribution < 1.29 is 19.0 Å². The van der Waals surface area contributed by atoms with Crippen LogP contribution in [0.5, 0.6) is 11.5 Å². The number of carbonyl (C=O) groups excluding carboxylic acids is 1. The van der Waals surface area contributed by atoms with E-state index < -0.39 is 0 Å². The van der Waals surface area contributed by atoms with E-state index in [1.54, 1.807) is 44.3 Å². The average Bonchev–Trinajstić information content (AvgIpc) is 2.39. The summed E-state index contributed by atoms with van der Waals surface area (Å²) in [5.41, 5.74) is 0.420. The summed E-state index contributed by atoms with van der Waals surface area (Å²) >= 11 is 5.04. The molecule has 0 N–H and O–H groups in total. The topological polar surface area (TPSA) is 48.0 Å². The predicted octanol–water partition coefficient (Wildman–Crippen LogP) is 1.75. The van der Waals surface area contributed by atoms with Crippen LogP contribution in [0.25, 0.3) is 0 Å². The summed E-state index contributed by atoms with van der Waals surface area (Å²) in [6, 6.07) is 4.96. The molecule has 0 heterocycles. The van der Waals surface area contributed by atoms with Gasteiger partial charge >= 0.3 is 0 Å². The monoisotopic (exact) mass is 283 g/mol. The third-order valence-corrected chi connectivity index (χ3v) is 2.68. The second kappa shape index (κ2) is 7.70. The van der Waals surface area contributed by atoms with Gasteiger partial charge in [-0.3, -0.25) is 4.79 Å². The summed E-state index contributed by atoms with van der Waals surface area (Å²) in [4.78, 5) is 12.6. The number of methoxy groups -OCH3 is 1. The minimum absolute atomic E-state index is 0.275. The van der Waals surface area contributed by atoms with Gasteiger partial charge in [0, 0.05) is 27.3 Å². The van der Waals surface area contributed by atoms with Crippen LogP contribution in [0.15, 0.2) is 18.2 Å². The molecule has 1 aromatic carbocycles. The first kappa shape index (κ1) is 15.4. The summed E-state index contributed by atoms with van der Waals surface area (Å²) in [5, 5.41) is 0.275. The van der Waals surface area contributed by atoms with Crippen molar-refractivity contribution in [2.45, 2.75) is 0 Å².